The Morgan fingerprint density at radius 3 is 2.76 bits per heavy atom. The zero-order valence-electron chi connectivity index (χ0n) is 12.3. The Kier molecular flexibility index (Phi) is 4.77. The number of pyridine rings is 1. The SMILES string of the molecule is CC(CS(C)(=O)=O)N(C(=O)/C=C/c1cccnc1)C1CC1. The molecule has 21 heavy (non-hydrogen) atoms. The first-order valence-electron chi connectivity index (χ1n) is 6.95. The van der Waals surface area contributed by atoms with Gasteiger partial charge < -0.3 is 4.90 Å². The summed E-state index contributed by atoms with van der Waals surface area (Å²) >= 11 is 0. The van der Waals surface area contributed by atoms with Gasteiger partial charge in [-0.05, 0) is 37.5 Å². The van der Waals surface area contributed by atoms with Crippen LogP contribution in [0.4, 0.5) is 0 Å². The summed E-state index contributed by atoms with van der Waals surface area (Å²) in [4.78, 5) is 18.0. The summed E-state index contributed by atoms with van der Waals surface area (Å²) in [6, 6.07) is 3.53. The van der Waals surface area contributed by atoms with Crippen molar-refractivity contribution in [3.63, 3.8) is 0 Å². The largest absolute Gasteiger partial charge is 0.332 e. The molecule has 114 valence electrons. The Bertz CT molecular complexity index is 622. The maximum Gasteiger partial charge on any atom is 0.247 e. The second kappa shape index (κ2) is 6.39. The van der Waals surface area contributed by atoms with Crippen LogP contribution in [0.1, 0.15) is 25.3 Å². The van der Waals surface area contributed by atoms with E-state index < -0.39 is 9.84 Å². The van der Waals surface area contributed by atoms with Gasteiger partial charge in [0.15, 0.2) is 0 Å². The molecule has 1 aromatic heterocycles. The van der Waals surface area contributed by atoms with E-state index in [-0.39, 0.29) is 23.7 Å². The van der Waals surface area contributed by atoms with Crippen molar-refractivity contribution in [2.75, 3.05) is 12.0 Å². The van der Waals surface area contributed by atoms with Crippen LogP contribution in [0.25, 0.3) is 6.08 Å². The number of rotatable bonds is 6. The number of aromatic nitrogens is 1. The van der Waals surface area contributed by atoms with Gasteiger partial charge in [-0.1, -0.05) is 6.07 Å². The maximum atomic E-state index is 12.3. The van der Waals surface area contributed by atoms with Gasteiger partial charge >= 0.3 is 0 Å². The number of sulfone groups is 1. The molecule has 1 aromatic rings. The van der Waals surface area contributed by atoms with Crippen LogP contribution >= 0.6 is 0 Å². The standard InChI is InChI=1S/C15H20N2O3S/c1-12(11-21(2,19)20)17(14-6-7-14)15(18)8-5-13-4-3-9-16-10-13/h3-5,8-10,12,14H,6-7,11H2,1-2H3/b8-5+. The fourth-order valence-corrected chi connectivity index (χ4v) is 3.39. The zero-order chi connectivity index (χ0) is 15.5. The molecule has 0 aromatic carbocycles. The Balaban J connectivity index is 2.08. The fourth-order valence-electron chi connectivity index (χ4n) is 2.36. The number of nitrogens with zero attached hydrogens (tertiary/aromatic N) is 2. The van der Waals surface area contributed by atoms with Gasteiger partial charge in [0.05, 0.1) is 5.75 Å². The summed E-state index contributed by atoms with van der Waals surface area (Å²) in [5.74, 6) is -0.145. The monoisotopic (exact) mass is 308 g/mol. The van der Waals surface area contributed by atoms with E-state index in [9.17, 15) is 13.2 Å². The molecular formula is C15H20N2O3S. The van der Waals surface area contributed by atoms with Crippen LogP contribution in [0.5, 0.6) is 0 Å². The first kappa shape index (κ1) is 15.7. The van der Waals surface area contributed by atoms with Gasteiger partial charge in [-0.25, -0.2) is 8.42 Å². The molecule has 0 spiro atoms. The van der Waals surface area contributed by atoms with Crippen LogP contribution in [-0.2, 0) is 14.6 Å². The van der Waals surface area contributed by atoms with Crippen LogP contribution < -0.4 is 0 Å². The lowest BCUT2D eigenvalue weighted by atomic mass is 10.2. The molecule has 0 saturated heterocycles. The number of amides is 1. The van der Waals surface area contributed by atoms with E-state index in [4.69, 9.17) is 0 Å². The lowest BCUT2D eigenvalue weighted by Gasteiger charge is -2.27. The number of hydrogen-bond acceptors (Lipinski definition) is 4. The molecule has 0 bridgehead atoms. The summed E-state index contributed by atoms with van der Waals surface area (Å²) < 4.78 is 22.9. The van der Waals surface area contributed by atoms with Gasteiger partial charge in [0.1, 0.15) is 9.84 Å². The van der Waals surface area contributed by atoms with Crippen molar-refractivity contribution >= 4 is 21.8 Å². The summed E-state index contributed by atoms with van der Waals surface area (Å²) in [5.41, 5.74) is 0.845. The molecule has 2 rings (SSSR count). The minimum atomic E-state index is -3.10. The van der Waals surface area contributed by atoms with E-state index in [0.29, 0.717) is 0 Å². The highest BCUT2D eigenvalue weighted by molar-refractivity contribution is 7.90. The van der Waals surface area contributed by atoms with Gasteiger partial charge in [0.2, 0.25) is 5.91 Å². The van der Waals surface area contributed by atoms with Crippen LogP contribution in [0.3, 0.4) is 0 Å². The van der Waals surface area contributed by atoms with E-state index in [0.717, 1.165) is 18.4 Å². The van der Waals surface area contributed by atoms with Gasteiger partial charge in [0.25, 0.3) is 0 Å². The third kappa shape index (κ3) is 4.97. The maximum absolute atomic E-state index is 12.3. The van der Waals surface area contributed by atoms with Crippen LogP contribution in [0, 0.1) is 0 Å². The lowest BCUT2D eigenvalue weighted by molar-refractivity contribution is -0.128. The zero-order valence-corrected chi connectivity index (χ0v) is 13.1. The third-order valence-electron chi connectivity index (χ3n) is 3.32. The van der Waals surface area contributed by atoms with Gasteiger partial charge in [0, 0.05) is 36.8 Å². The Morgan fingerprint density at radius 2 is 2.24 bits per heavy atom. The Hall–Kier alpha value is -1.69. The normalized spacial score (nSPS) is 16.9. The minimum absolute atomic E-state index is 0.00400. The molecule has 0 aliphatic heterocycles. The Morgan fingerprint density at radius 1 is 1.52 bits per heavy atom. The van der Waals surface area contributed by atoms with Crippen molar-refractivity contribution in [3.05, 3.63) is 36.2 Å². The lowest BCUT2D eigenvalue weighted by Crippen LogP contribution is -2.43. The molecule has 0 N–H and O–H groups in total. The van der Waals surface area contributed by atoms with Crippen LogP contribution in [-0.4, -0.2) is 48.3 Å². The van der Waals surface area contributed by atoms with E-state index in [1.165, 1.54) is 12.3 Å². The van der Waals surface area contributed by atoms with Gasteiger partial charge in [-0.2, -0.15) is 0 Å². The molecule has 6 heteroatoms. The molecule has 1 saturated carbocycles. The molecule has 1 atom stereocenters. The molecular weight excluding hydrogens is 288 g/mol. The second-order valence-corrected chi connectivity index (χ2v) is 7.72. The Labute approximate surface area is 125 Å². The van der Waals surface area contributed by atoms with Crippen molar-refractivity contribution < 1.29 is 13.2 Å². The first-order chi connectivity index (χ1) is 9.87. The summed E-state index contributed by atoms with van der Waals surface area (Å²) in [7, 11) is -3.10. The molecule has 0 radical (unpaired) electrons. The topological polar surface area (TPSA) is 67.3 Å². The fraction of sp³-hybridized carbons (Fsp3) is 0.467. The number of carbonyl (C=O) groups excluding carboxylic acids is 1. The van der Waals surface area contributed by atoms with Crippen molar-refractivity contribution in [3.8, 4) is 0 Å². The predicted molar refractivity (Wildman–Crippen MR) is 82.3 cm³/mol. The van der Waals surface area contributed by atoms with Crippen molar-refractivity contribution in [2.24, 2.45) is 0 Å². The molecule has 1 aliphatic carbocycles. The first-order valence-corrected chi connectivity index (χ1v) is 9.01. The van der Waals surface area contributed by atoms with Crippen molar-refractivity contribution in [1.82, 2.24) is 9.88 Å². The molecule has 1 aliphatic rings. The highest BCUT2D eigenvalue weighted by Crippen LogP contribution is 2.29. The summed E-state index contributed by atoms with van der Waals surface area (Å²) in [6.45, 7) is 1.79. The molecule has 1 amide bonds. The summed E-state index contributed by atoms with van der Waals surface area (Å²) in [5, 5.41) is 0. The summed E-state index contributed by atoms with van der Waals surface area (Å²) in [6.07, 6.45) is 9.63. The average molecular weight is 308 g/mol. The molecule has 5 nitrogen and oxygen atoms in total. The molecule has 1 fully saturated rings. The average Bonchev–Trinajstić information content (AvgIpc) is 3.20. The van der Waals surface area contributed by atoms with E-state index in [2.05, 4.69) is 4.98 Å². The van der Waals surface area contributed by atoms with Gasteiger partial charge in [-0.3, -0.25) is 9.78 Å². The molecule has 1 heterocycles. The van der Waals surface area contributed by atoms with Gasteiger partial charge in [-0.15, -0.1) is 0 Å². The number of hydrogen-bond donors (Lipinski definition) is 0. The van der Waals surface area contributed by atoms with E-state index in [1.54, 1.807) is 36.4 Å². The van der Waals surface area contributed by atoms with Crippen molar-refractivity contribution in [1.29, 1.82) is 0 Å². The van der Waals surface area contributed by atoms with Crippen molar-refractivity contribution in [2.45, 2.75) is 31.8 Å². The molecule has 1 unspecified atom stereocenters. The van der Waals surface area contributed by atoms with E-state index in [1.807, 2.05) is 6.07 Å². The highest BCUT2D eigenvalue weighted by Gasteiger charge is 2.35. The second-order valence-electron chi connectivity index (χ2n) is 5.54. The van der Waals surface area contributed by atoms with E-state index >= 15 is 0 Å². The minimum Gasteiger partial charge on any atom is -0.332 e. The third-order valence-corrected chi connectivity index (χ3v) is 4.40. The smallest absolute Gasteiger partial charge is 0.247 e. The van der Waals surface area contributed by atoms with Crippen LogP contribution in [0.2, 0.25) is 0 Å². The predicted octanol–water partition coefficient (Wildman–Crippen LogP) is 1.52. The number of carbonyl (C=O) groups is 1. The highest BCUT2D eigenvalue weighted by atomic mass is 32.2. The quantitative estimate of drug-likeness (QED) is 0.747. The van der Waals surface area contributed by atoms with Crippen LogP contribution in [0.15, 0.2) is 30.6 Å².